The minimum absolute atomic E-state index is 0.0273. The molecule has 0 aromatic heterocycles. The van der Waals surface area contributed by atoms with Crippen LogP contribution in [0.15, 0.2) is 12.7 Å². The number of hydrogen-bond donors (Lipinski definition) is 5. The molecule has 2 aliphatic carbocycles. The van der Waals surface area contributed by atoms with E-state index < -0.39 is 11.5 Å². The summed E-state index contributed by atoms with van der Waals surface area (Å²) in [6, 6.07) is 0.219. The van der Waals surface area contributed by atoms with E-state index in [1.54, 1.807) is 0 Å². The molecule has 194 valence electrons. The third kappa shape index (κ3) is 5.21. The van der Waals surface area contributed by atoms with Crippen molar-refractivity contribution < 1.29 is 19.7 Å². The monoisotopic (exact) mass is 496 g/mol. The van der Waals surface area contributed by atoms with E-state index in [-0.39, 0.29) is 41.3 Å². The second kappa shape index (κ2) is 11.2. The Morgan fingerprint density at radius 3 is 2.82 bits per heavy atom. The maximum atomic E-state index is 13.2. The van der Waals surface area contributed by atoms with E-state index in [1.807, 2.05) is 24.8 Å². The molecule has 8 atom stereocenters. The molecule has 9 heteroatoms. The first-order valence-corrected chi connectivity index (χ1v) is 13.9. The number of carbonyl (C=O) groups excluding carboxylic acids is 1. The van der Waals surface area contributed by atoms with Gasteiger partial charge in [0.25, 0.3) is 0 Å². The van der Waals surface area contributed by atoms with Crippen LogP contribution in [0.4, 0.5) is 0 Å². The Morgan fingerprint density at radius 1 is 1.35 bits per heavy atom. The summed E-state index contributed by atoms with van der Waals surface area (Å²) in [6.07, 6.45) is 4.31. The van der Waals surface area contributed by atoms with Crippen LogP contribution in [0, 0.1) is 22.7 Å². The number of aliphatic hydroxyl groups excluding tert-OH is 2. The largest absolute Gasteiger partial charge is 0.396 e. The van der Waals surface area contributed by atoms with E-state index in [0.29, 0.717) is 24.6 Å². The van der Waals surface area contributed by atoms with E-state index in [9.17, 15) is 15.0 Å². The van der Waals surface area contributed by atoms with Gasteiger partial charge in [-0.15, -0.1) is 18.3 Å². The number of morpholine rings is 1. The number of thioether (sulfide) groups is 1. The summed E-state index contributed by atoms with van der Waals surface area (Å²) < 4.78 is 5.41. The third-order valence-corrected chi connectivity index (χ3v) is 10.6. The lowest BCUT2D eigenvalue weighted by atomic mass is 9.46. The van der Waals surface area contributed by atoms with Gasteiger partial charge in [-0.2, -0.15) is 0 Å². The van der Waals surface area contributed by atoms with Crippen molar-refractivity contribution in [3.05, 3.63) is 12.7 Å². The summed E-state index contributed by atoms with van der Waals surface area (Å²) in [6.45, 7) is 13.7. The highest BCUT2D eigenvalue weighted by atomic mass is 32.2. The minimum Gasteiger partial charge on any atom is -0.396 e. The minimum atomic E-state index is -0.545. The van der Waals surface area contributed by atoms with E-state index >= 15 is 0 Å². The van der Waals surface area contributed by atoms with Gasteiger partial charge in [0.05, 0.1) is 25.9 Å². The number of fused-ring (bicyclic) bond motifs is 2. The molecular formula is C25H44N4O4S. The topological polar surface area (TPSA) is 106 Å². The quantitative estimate of drug-likeness (QED) is 0.298. The fourth-order valence-corrected chi connectivity index (χ4v) is 8.56. The van der Waals surface area contributed by atoms with Gasteiger partial charge in [0, 0.05) is 55.9 Å². The molecule has 8 nitrogen and oxygen atoms in total. The zero-order valence-electron chi connectivity index (χ0n) is 20.8. The zero-order valence-corrected chi connectivity index (χ0v) is 21.6. The van der Waals surface area contributed by atoms with Gasteiger partial charge in [-0.05, 0) is 36.5 Å². The highest BCUT2D eigenvalue weighted by Gasteiger charge is 2.62. The summed E-state index contributed by atoms with van der Waals surface area (Å²) in [5.41, 5.74) is -0.551. The van der Waals surface area contributed by atoms with Crippen LogP contribution in [0.2, 0.25) is 0 Å². The Morgan fingerprint density at radius 2 is 2.12 bits per heavy atom. The smallest absolute Gasteiger partial charge is 0.220 e. The van der Waals surface area contributed by atoms with E-state index in [1.165, 1.54) is 0 Å². The van der Waals surface area contributed by atoms with Gasteiger partial charge >= 0.3 is 0 Å². The second-order valence-electron chi connectivity index (χ2n) is 11.1. The molecule has 0 spiro atoms. The predicted octanol–water partition coefficient (Wildman–Crippen LogP) is 0.753. The molecule has 5 N–H and O–H groups in total. The summed E-state index contributed by atoms with van der Waals surface area (Å²) in [4.78, 5) is 15.5. The van der Waals surface area contributed by atoms with Gasteiger partial charge in [-0.25, -0.2) is 0 Å². The molecule has 0 bridgehead atoms. The first-order valence-electron chi connectivity index (χ1n) is 12.9. The molecule has 2 aliphatic heterocycles. The van der Waals surface area contributed by atoms with Crippen molar-refractivity contribution >= 4 is 17.7 Å². The molecule has 4 fully saturated rings. The van der Waals surface area contributed by atoms with Gasteiger partial charge in [0.2, 0.25) is 5.91 Å². The van der Waals surface area contributed by atoms with Crippen LogP contribution in [-0.4, -0.2) is 96.5 Å². The highest BCUT2D eigenvalue weighted by Crippen LogP contribution is 2.63. The number of nitrogens with zero attached hydrogens (tertiary/aromatic N) is 1. The van der Waals surface area contributed by atoms with Gasteiger partial charge in [0.1, 0.15) is 5.50 Å². The fourth-order valence-electron chi connectivity index (χ4n) is 7.04. The Bertz CT molecular complexity index is 723. The molecule has 0 aromatic rings. The molecule has 8 unspecified atom stereocenters. The van der Waals surface area contributed by atoms with Crippen LogP contribution in [0.25, 0.3) is 0 Å². The maximum Gasteiger partial charge on any atom is 0.220 e. The van der Waals surface area contributed by atoms with Gasteiger partial charge in [-0.3, -0.25) is 20.3 Å². The van der Waals surface area contributed by atoms with Crippen molar-refractivity contribution in [3.63, 3.8) is 0 Å². The van der Waals surface area contributed by atoms with Crippen LogP contribution in [0.1, 0.15) is 39.5 Å². The standard InChI is InChI=1S/C25H44N4O4S/c1-4-7-27-23-28-22-17(14-21(32)26-8-9-29-10-12-33-13-11-29)24(2)6-5-20(31)25(3,16-30)19(24)15-18(22)34-23/h4,17-20,22-23,27-28,30-31H,1,5-16H2,2-3H3,(H,26,32). The average Bonchev–Trinajstić information content (AvgIpc) is 3.25. The van der Waals surface area contributed by atoms with Crippen LogP contribution >= 0.6 is 11.8 Å². The number of rotatable bonds is 9. The molecule has 34 heavy (non-hydrogen) atoms. The lowest BCUT2D eigenvalue weighted by molar-refractivity contribution is -0.167. The van der Waals surface area contributed by atoms with Crippen molar-refractivity contribution in [1.29, 1.82) is 0 Å². The predicted molar refractivity (Wildman–Crippen MR) is 135 cm³/mol. The first kappa shape index (κ1) is 26.4. The summed E-state index contributed by atoms with van der Waals surface area (Å²) in [5.74, 6) is 0.402. The molecule has 0 radical (unpaired) electrons. The molecular weight excluding hydrogens is 452 g/mol. The summed E-state index contributed by atoms with van der Waals surface area (Å²) >= 11 is 1.89. The lowest BCUT2D eigenvalue weighted by Crippen LogP contribution is -2.64. The Labute approximate surface area is 208 Å². The highest BCUT2D eigenvalue weighted by molar-refractivity contribution is 8.00. The normalized spacial score (nSPS) is 42.6. The van der Waals surface area contributed by atoms with Crippen molar-refractivity contribution in [3.8, 4) is 0 Å². The first-order chi connectivity index (χ1) is 16.3. The average molecular weight is 497 g/mol. The van der Waals surface area contributed by atoms with E-state index in [0.717, 1.165) is 52.2 Å². The van der Waals surface area contributed by atoms with Crippen molar-refractivity contribution in [2.75, 3.05) is 52.5 Å². The van der Waals surface area contributed by atoms with Crippen LogP contribution < -0.4 is 16.0 Å². The number of ether oxygens (including phenoxy) is 1. The molecule has 1 amide bonds. The van der Waals surface area contributed by atoms with Crippen molar-refractivity contribution in [2.45, 2.75) is 62.4 Å². The maximum absolute atomic E-state index is 13.2. The number of aliphatic hydroxyl groups is 2. The SMILES string of the molecule is C=CCNC1NC2C(CC3C(C)(CO)C(O)CCC3(C)C2CC(=O)NCCN2CCOCC2)S1. The number of hydrogen-bond acceptors (Lipinski definition) is 8. The lowest BCUT2D eigenvalue weighted by Gasteiger charge is -2.61. The Balaban J connectivity index is 1.48. The van der Waals surface area contributed by atoms with E-state index in [2.05, 4.69) is 34.4 Å². The van der Waals surface area contributed by atoms with Crippen LogP contribution in [0.5, 0.6) is 0 Å². The molecule has 0 aromatic carbocycles. The van der Waals surface area contributed by atoms with Gasteiger partial charge < -0.3 is 20.3 Å². The van der Waals surface area contributed by atoms with Gasteiger partial charge in [0.15, 0.2) is 0 Å². The van der Waals surface area contributed by atoms with Crippen molar-refractivity contribution in [2.24, 2.45) is 22.7 Å². The number of amides is 1. The molecule has 2 heterocycles. The van der Waals surface area contributed by atoms with Crippen molar-refractivity contribution in [1.82, 2.24) is 20.9 Å². The second-order valence-corrected chi connectivity index (χ2v) is 12.4. The Hall–Kier alpha value is -0.680. The van der Waals surface area contributed by atoms with Crippen LogP contribution in [-0.2, 0) is 9.53 Å². The zero-order chi connectivity index (χ0) is 24.3. The van der Waals surface area contributed by atoms with Gasteiger partial charge in [-0.1, -0.05) is 19.9 Å². The third-order valence-electron chi connectivity index (χ3n) is 9.16. The summed E-state index contributed by atoms with van der Waals surface area (Å²) in [7, 11) is 0. The van der Waals surface area contributed by atoms with E-state index in [4.69, 9.17) is 4.74 Å². The number of carbonyl (C=O) groups is 1. The Kier molecular flexibility index (Phi) is 8.65. The summed E-state index contributed by atoms with van der Waals surface area (Å²) in [5, 5.41) is 32.1. The molecule has 4 aliphatic rings. The number of nitrogens with one attached hydrogen (secondary N) is 3. The molecule has 2 saturated heterocycles. The molecule has 4 rings (SSSR count). The van der Waals surface area contributed by atoms with Crippen LogP contribution in [0.3, 0.4) is 0 Å². The molecule has 2 saturated carbocycles. The fraction of sp³-hybridized carbons (Fsp3) is 0.880.